The van der Waals surface area contributed by atoms with E-state index in [-0.39, 0.29) is 29.1 Å². The van der Waals surface area contributed by atoms with Crippen molar-refractivity contribution < 1.29 is 18.0 Å². The molecule has 0 heterocycles. The molecule has 0 bridgehead atoms. The van der Waals surface area contributed by atoms with Gasteiger partial charge in [0.2, 0.25) is 11.8 Å². The zero-order valence-electron chi connectivity index (χ0n) is 23.2. The van der Waals surface area contributed by atoms with Crippen molar-refractivity contribution in [3.05, 3.63) is 94.0 Å². The van der Waals surface area contributed by atoms with Crippen LogP contribution in [0.4, 0.5) is 5.69 Å². The van der Waals surface area contributed by atoms with Gasteiger partial charge in [-0.15, -0.1) is 0 Å². The number of nitrogens with zero attached hydrogens (tertiary/aromatic N) is 2. The maximum Gasteiger partial charge on any atom is 0.264 e. The molecule has 1 fully saturated rings. The third kappa shape index (κ3) is 7.82. The monoisotopic (exact) mass is 615 g/mol. The minimum atomic E-state index is -4.15. The smallest absolute Gasteiger partial charge is 0.264 e. The first-order chi connectivity index (χ1) is 19.6. The van der Waals surface area contributed by atoms with E-state index in [9.17, 15) is 18.0 Å². The molecule has 4 rings (SSSR count). The molecule has 0 unspecified atom stereocenters. The van der Waals surface area contributed by atoms with Crippen molar-refractivity contribution in [2.24, 2.45) is 0 Å². The van der Waals surface area contributed by atoms with Crippen LogP contribution in [0.2, 0.25) is 10.0 Å². The zero-order chi connectivity index (χ0) is 29.6. The molecule has 1 aliphatic rings. The molecule has 1 N–H and O–H groups in total. The van der Waals surface area contributed by atoms with Crippen molar-refractivity contribution in [3.63, 3.8) is 0 Å². The quantitative estimate of drug-likeness (QED) is 0.287. The van der Waals surface area contributed by atoms with Gasteiger partial charge in [0.25, 0.3) is 10.0 Å². The highest BCUT2D eigenvalue weighted by Gasteiger charge is 2.33. The third-order valence-electron chi connectivity index (χ3n) is 7.44. The van der Waals surface area contributed by atoms with Gasteiger partial charge in [0.05, 0.1) is 10.6 Å². The lowest BCUT2D eigenvalue weighted by molar-refractivity contribution is -0.139. The predicted molar refractivity (Wildman–Crippen MR) is 164 cm³/mol. The SMILES string of the molecule is Cc1ccc(N(CC(=O)N(Cc2ccc(Cl)cc2)[C@H](C)C(=O)NC2CCCCC2)S(=O)(=O)c2ccccc2)cc1Cl. The molecule has 10 heteroatoms. The number of aryl methyl sites for hydroxylation is 1. The highest BCUT2D eigenvalue weighted by atomic mass is 35.5. The second kappa shape index (κ2) is 13.7. The highest BCUT2D eigenvalue weighted by Crippen LogP contribution is 2.29. The van der Waals surface area contributed by atoms with Gasteiger partial charge in [-0.1, -0.05) is 78.9 Å². The van der Waals surface area contributed by atoms with Crippen molar-refractivity contribution in [3.8, 4) is 0 Å². The number of hydrogen-bond acceptors (Lipinski definition) is 4. The number of carbonyl (C=O) groups excluding carboxylic acids is 2. The molecular weight excluding hydrogens is 581 g/mol. The molecule has 7 nitrogen and oxygen atoms in total. The molecule has 1 aliphatic carbocycles. The Bertz CT molecular complexity index is 1460. The second-order valence-corrected chi connectivity index (χ2v) is 13.1. The van der Waals surface area contributed by atoms with Gasteiger partial charge in [-0.25, -0.2) is 8.42 Å². The average Bonchev–Trinajstić information content (AvgIpc) is 2.97. The lowest BCUT2D eigenvalue weighted by atomic mass is 9.95. The molecule has 0 spiro atoms. The number of benzene rings is 3. The average molecular weight is 617 g/mol. The molecule has 41 heavy (non-hydrogen) atoms. The molecule has 0 aliphatic heterocycles. The third-order valence-corrected chi connectivity index (χ3v) is 9.89. The zero-order valence-corrected chi connectivity index (χ0v) is 25.6. The molecule has 0 radical (unpaired) electrons. The standard InChI is InChI=1S/C31H35Cl2N3O4S/c1-22-13-18-27(19-29(22)33)36(41(39,40)28-11-7-4-8-12-28)21-30(37)35(20-24-14-16-25(32)17-15-24)23(2)31(38)34-26-9-5-3-6-10-26/h4,7-8,11-19,23,26H,3,5-6,9-10,20-21H2,1-2H3,(H,34,38)/t23-/m1/s1. The van der Waals surface area contributed by atoms with E-state index < -0.39 is 28.5 Å². The summed E-state index contributed by atoms with van der Waals surface area (Å²) in [6.45, 7) is 3.06. The Hall–Kier alpha value is -3.07. The van der Waals surface area contributed by atoms with E-state index in [0.717, 1.165) is 47.5 Å². The maximum absolute atomic E-state index is 14.0. The van der Waals surface area contributed by atoms with Crippen LogP contribution in [0.25, 0.3) is 0 Å². The lowest BCUT2D eigenvalue weighted by Crippen LogP contribution is -2.53. The topological polar surface area (TPSA) is 86.8 Å². The van der Waals surface area contributed by atoms with E-state index in [1.54, 1.807) is 61.5 Å². The van der Waals surface area contributed by atoms with E-state index in [1.807, 2.05) is 6.92 Å². The van der Waals surface area contributed by atoms with Gasteiger partial charge < -0.3 is 10.2 Å². The summed E-state index contributed by atoms with van der Waals surface area (Å²) in [4.78, 5) is 28.9. The van der Waals surface area contributed by atoms with Gasteiger partial charge in [-0.2, -0.15) is 0 Å². The summed E-state index contributed by atoms with van der Waals surface area (Å²) in [6.07, 6.45) is 5.07. The summed E-state index contributed by atoms with van der Waals surface area (Å²) >= 11 is 12.4. The van der Waals surface area contributed by atoms with Crippen LogP contribution >= 0.6 is 23.2 Å². The first-order valence-electron chi connectivity index (χ1n) is 13.7. The summed E-state index contributed by atoms with van der Waals surface area (Å²) in [5.74, 6) is -0.794. The van der Waals surface area contributed by atoms with E-state index in [4.69, 9.17) is 23.2 Å². The second-order valence-electron chi connectivity index (χ2n) is 10.4. The Balaban J connectivity index is 1.68. The van der Waals surface area contributed by atoms with Crippen LogP contribution < -0.4 is 9.62 Å². The van der Waals surface area contributed by atoms with Gasteiger partial charge in [0, 0.05) is 22.6 Å². The molecule has 1 saturated carbocycles. The highest BCUT2D eigenvalue weighted by molar-refractivity contribution is 7.92. The molecule has 218 valence electrons. The number of carbonyl (C=O) groups is 2. The number of rotatable bonds is 10. The van der Waals surface area contributed by atoms with E-state index in [0.29, 0.717) is 10.0 Å². The Labute approximate surface area is 252 Å². The fourth-order valence-corrected chi connectivity index (χ4v) is 6.65. The maximum atomic E-state index is 14.0. The van der Waals surface area contributed by atoms with Crippen molar-refractivity contribution >= 4 is 50.7 Å². The lowest BCUT2D eigenvalue weighted by Gasteiger charge is -2.33. The summed E-state index contributed by atoms with van der Waals surface area (Å²) in [7, 11) is -4.15. The molecule has 0 saturated heterocycles. The Kier molecular flexibility index (Phi) is 10.3. The Morgan fingerprint density at radius 3 is 2.24 bits per heavy atom. The molecule has 2 amide bonds. The van der Waals surface area contributed by atoms with Gasteiger partial charge >= 0.3 is 0 Å². The minimum absolute atomic E-state index is 0.0387. The number of halogens is 2. The van der Waals surface area contributed by atoms with Crippen LogP contribution in [0, 0.1) is 6.92 Å². The van der Waals surface area contributed by atoms with Crippen molar-refractivity contribution in [2.45, 2.75) is 69.5 Å². The number of hydrogen-bond donors (Lipinski definition) is 1. The summed E-state index contributed by atoms with van der Waals surface area (Å²) in [5.41, 5.74) is 1.79. The largest absolute Gasteiger partial charge is 0.352 e. The number of amides is 2. The van der Waals surface area contributed by atoms with Gasteiger partial charge in [0.15, 0.2) is 0 Å². The van der Waals surface area contributed by atoms with Crippen LogP contribution in [0.1, 0.15) is 50.2 Å². The summed E-state index contributed by atoms with van der Waals surface area (Å²) in [6, 6.07) is 19.0. The van der Waals surface area contributed by atoms with Crippen LogP contribution in [0.5, 0.6) is 0 Å². The van der Waals surface area contributed by atoms with Crippen LogP contribution in [0.15, 0.2) is 77.7 Å². The summed E-state index contributed by atoms with van der Waals surface area (Å²) in [5, 5.41) is 4.02. The molecular formula is C31H35Cl2N3O4S. The number of nitrogens with one attached hydrogen (secondary N) is 1. The first kappa shape index (κ1) is 30.9. The Morgan fingerprint density at radius 2 is 1.61 bits per heavy atom. The number of anilines is 1. The van der Waals surface area contributed by atoms with Crippen molar-refractivity contribution in [1.82, 2.24) is 10.2 Å². The first-order valence-corrected chi connectivity index (χ1v) is 15.9. The molecule has 1 atom stereocenters. The Morgan fingerprint density at radius 1 is 0.951 bits per heavy atom. The van der Waals surface area contributed by atoms with Crippen LogP contribution in [-0.2, 0) is 26.2 Å². The van der Waals surface area contributed by atoms with Gasteiger partial charge in [0.1, 0.15) is 12.6 Å². The fourth-order valence-electron chi connectivity index (χ4n) is 4.92. The van der Waals surface area contributed by atoms with Crippen molar-refractivity contribution in [1.29, 1.82) is 0 Å². The van der Waals surface area contributed by atoms with Gasteiger partial charge in [-0.05, 0) is 74.2 Å². The van der Waals surface area contributed by atoms with Crippen LogP contribution in [-0.4, -0.2) is 43.8 Å². The molecule has 3 aromatic rings. The van der Waals surface area contributed by atoms with Crippen molar-refractivity contribution in [2.75, 3.05) is 10.8 Å². The predicted octanol–water partition coefficient (Wildman–Crippen LogP) is 6.36. The molecule has 3 aromatic carbocycles. The number of sulfonamides is 1. The van der Waals surface area contributed by atoms with Crippen LogP contribution in [0.3, 0.4) is 0 Å². The fraction of sp³-hybridized carbons (Fsp3) is 0.355. The normalized spacial score (nSPS) is 14.7. The van der Waals surface area contributed by atoms with E-state index >= 15 is 0 Å². The summed E-state index contributed by atoms with van der Waals surface area (Å²) < 4.78 is 28.8. The van der Waals surface area contributed by atoms with Gasteiger partial charge in [-0.3, -0.25) is 13.9 Å². The van der Waals surface area contributed by atoms with E-state index in [2.05, 4.69) is 5.32 Å². The molecule has 0 aromatic heterocycles. The minimum Gasteiger partial charge on any atom is -0.352 e. The van der Waals surface area contributed by atoms with E-state index in [1.165, 1.54) is 23.1 Å².